The Balaban J connectivity index is 1.95. The molecule has 0 bridgehead atoms. The highest BCUT2D eigenvalue weighted by atomic mass is 16.2. The van der Waals surface area contributed by atoms with Crippen molar-refractivity contribution in [2.75, 3.05) is 26.2 Å². The number of carbonyl (C=O) groups is 1. The Morgan fingerprint density at radius 3 is 2.38 bits per heavy atom. The van der Waals surface area contributed by atoms with Crippen molar-refractivity contribution in [3.63, 3.8) is 0 Å². The average Bonchev–Trinajstić information content (AvgIpc) is 2.14. The summed E-state index contributed by atoms with van der Waals surface area (Å²) in [5, 5.41) is 3.22. The molecule has 2 rings (SSSR count). The van der Waals surface area contributed by atoms with Gasteiger partial charge in [0.25, 0.3) is 0 Å². The van der Waals surface area contributed by atoms with Gasteiger partial charge in [-0.2, -0.15) is 0 Å². The van der Waals surface area contributed by atoms with E-state index >= 15 is 0 Å². The molecule has 1 aliphatic heterocycles. The minimum absolute atomic E-state index is 0.167. The SMILES string of the molecule is NC1(C(=O)N2CCNCC2)CCC1. The lowest BCUT2D eigenvalue weighted by Gasteiger charge is -2.41. The maximum atomic E-state index is 11.9. The summed E-state index contributed by atoms with van der Waals surface area (Å²) in [6.07, 6.45) is 2.85. The highest BCUT2D eigenvalue weighted by Crippen LogP contribution is 2.30. The average molecular weight is 183 g/mol. The fraction of sp³-hybridized carbons (Fsp3) is 0.889. The lowest BCUT2D eigenvalue weighted by molar-refractivity contribution is -0.140. The Kier molecular flexibility index (Phi) is 2.26. The summed E-state index contributed by atoms with van der Waals surface area (Å²) in [6.45, 7) is 3.44. The van der Waals surface area contributed by atoms with E-state index in [1.54, 1.807) is 0 Å². The molecule has 0 aromatic heterocycles. The van der Waals surface area contributed by atoms with Crippen molar-refractivity contribution < 1.29 is 4.79 Å². The molecule has 0 atom stereocenters. The van der Waals surface area contributed by atoms with Crippen LogP contribution in [0.3, 0.4) is 0 Å². The molecule has 1 saturated heterocycles. The summed E-state index contributed by atoms with van der Waals surface area (Å²) in [5.74, 6) is 0.167. The van der Waals surface area contributed by atoms with Crippen molar-refractivity contribution in [2.45, 2.75) is 24.8 Å². The largest absolute Gasteiger partial charge is 0.339 e. The summed E-state index contributed by atoms with van der Waals surface area (Å²) < 4.78 is 0. The molecule has 13 heavy (non-hydrogen) atoms. The van der Waals surface area contributed by atoms with E-state index < -0.39 is 5.54 Å². The van der Waals surface area contributed by atoms with Crippen molar-refractivity contribution in [3.8, 4) is 0 Å². The molecule has 0 aromatic carbocycles. The Hall–Kier alpha value is -0.610. The van der Waals surface area contributed by atoms with Crippen LogP contribution in [-0.4, -0.2) is 42.5 Å². The van der Waals surface area contributed by atoms with E-state index in [1.165, 1.54) is 0 Å². The van der Waals surface area contributed by atoms with Gasteiger partial charge >= 0.3 is 0 Å². The van der Waals surface area contributed by atoms with Crippen LogP contribution >= 0.6 is 0 Å². The first kappa shape index (κ1) is 8.97. The van der Waals surface area contributed by atoms with Crippen molar-refractivity contribution in [2.24, 2.45) is 5.73 Å². The van der Waals surface area contributed by atoms with Crippen LogP contribution in [0.4, 0.5) is 0 Å². The van der Waals surface area contributed by atoms with Crippen molar-refractivity contribution in [1.82, 2.24) is 10.2 Å². The third-order valence-corrected chi connectivity index (χ3v) is 3.08. The molecule has 1 amide bonds. The first-order valence-corrected chi connectivity index (χ1v) is 5.01. The Morgan fingerprint density at radius 1 is 1.31 bits per heavy atom. The van der Waals surface area contributed by atoms with E-state index in [1.807, 2.05) is 4.90 Å². The van der Waals surface area contributed by atoms with Crippen molar-refractivity contribution in [3.05, 3.63) is 0 Å². The molecule has 2 aliphatic rings. The predicted molar refractivity (Wildman–Crippen MR) is 50.2 cm³/mol. The van der Waals surface area contributed by atoms with Crippen LogP contribution in [0, 0.1) is 0 Å². The van der Waals surface area contributed by atoms with Gasteiger partial charge in [-0.3, -0.25) is 4.79 Å². The fourth-order valence-electron chi connectivity index (χ4n) is 1.95. The van der Waals surface area contributed by atoms with Gasteiger partial charge in [0.1, 0.15) is 0 Å². The van der Waals surface area contributed by atoms with Gasteiger partial charge in [0.05, 0.1) is 5.54 Å². The van der Waals surface area contributed by atoms with E-state index in [0.29, 0.717) is 0 Å². The van der Waals surface area contributed by atoms with Gasteiger partial charge in [-0.15, -0.1) is 0 Å². The number of hydrogen-bond donors (Lipinski definition) is 2. The summed E-state index contributed by atoms with van der Waals surface area (Å²) in [5.41, 5.74) is 5.46. The number of amides is 1. The monoisotopic (exact) mass is 183 g/mol. The maximum absolute atomic E-state index is 11.9. The molecule has 74 valence electrons. The highest BCUT2D eigenvalue weighted by molar-refractivity contribution is 5.87. The molecule has 1 aliphatic carbocycles. The lowest BCUT2D eigenvalue weighted by Crippen LogP contribution is -2.62. The van der Waals surface area contributed by atoms with Crippen LogP contribution in [0.1, 0.15) is 19.3 Å². The van der Waals surface area contributed by atoms with E-state index in [0.717, 1.165) is 45.4 Å². The molecule has 1 saturated carbocycles. The highest BCUT2D eigenvalue weighted by Gasteiger charge is 2.42. The lowest BCUT2D eigenvalue weighted by atomic mass is 9.76. The first-order chi connectivity index (χ1) is 6.22. The molecule has 0 radical (unpaired) electrons. The number of rotatable bonds is 1. The van der Waals surface area contributed by atoms with Crippen molar-refractivity contribution >= 4 is 5.91 Å². The fourth-order valence-corrected chi connectivity index (χ4v) is 1.95. The third kappa shape index (κ3) is 1.56. The Bertz CT molecular complexity index is 207. The topological polar surface area (TPSA) is 58.4 Å². The molecular formula is C9H17N3O. The third-order valence-electron chi connectivity index (χ3n) is 3.08. The number of nitrogens with one attached hydrogen (secondary N) is 1. The second-order valence-corrected chi connectivity index (χ2v) is 4.05. The smallest absolute Gasteiger partial charge is 0.242 e. The number of carbonyl (C=O) groups excluding carboxylic acids is 1. The summed E-state index contributed by atoms with van der Waals surface area (Å²) in [4.78, 5) is 13.8. The van der Waals surface area contributed by atoms with Gasteiger partial charge in [0, 0.05) is 26.2 Å². The van der Waals surface area contributed by atoms with E-state index in [9.17, 15) is 4.79 Å². The molecular weight excluding hydrogens is 166 g/mol. The molecule has 2 fully saturated rings. The number of piperazine rings is 1. The molecule has 0 unspecified atom stereocenters. The van der Waals surface area contributed by atoms with Crippen LogP contribution in [0.5, 0.6) is 0 Å². The van der Waals surface area contributed by atoms with Gasteiger partial charge in [0.2, 0.25) is 5.91 Å². The number of nitrogens with two attached hydrogens (primary N) is 1. The zero-order valence-electron chi connectivity index (χ0n) is 7.88. The van der Waals surface area contributed by atoms with Gasteiger partial charge < -0.3 is 16.0 Å². The second-order valence-electron chi connectivity index (χ2n) is 4.05. The minimum atomic E-state index is -0.503. The Labute approximate surface area is 78.5 Å². The van der Waals surface area contributed by atoms with Gasteiger partial charge in [0.15, 0.2) is 0 Å². The summed E-state index contributed by atoms with van der Waals surface area (Å²) in [6, 6.07) is 0. The van der Waals surface area contributed by atoms with Crippen LogP contribution in [0.25, 0.3) is 0 Å². The molecule has 0 spiro atoms. The number of hydrogen-bond acceptors (Lipinski definition) is 3. The van der Waals surface area contributed by atoms with Gasteiger partial charge in [-0.1, -0.05) is 0 Å². The summed E-state index contributed by atoms with van der Waals surface area (Å²) >= 11 is 0. The van der Waals surface area contributed by atoms with Crippen LogP contribution in [0.2, 0.25) is 0 Å². The van der Waals surface area contributed by atoms with Gasteiger partial charge in [-0.05, 0) is 19.3 Å². The maximum Gasteiger partial charge on any atom is 0.242 e. The minimum Gasteiger partial charge on any atom is -0.339 e. The zero-order valence-corrected chi connectivity index (χ0v) is 7.88. The molecule has 3 N–H and O–H groups in total. The van der Waals surface area contributed by atoms with Gasteiger partial charge in [-0.25, -0.2) is 0 Å². The molecule has 0 aromatic rings. The van der Waals surface area contributed by atoms with Crippen molar-refractivity contribution in [1.29, 1.82) is 0 Å². The summed E-state index contributed by atoms with van der Waals surface area (Å²) in [7, 11) is 0. The van der Waals surface area contributed by atoms with Crippen LogP contribution in [0.15, 0.2) is 0 Å². The first-order valence-electron chi connectivity index (χ1n) is 5.01. The molecule has 4 heteroatoms. The van der Waals surface area contributed by atoms with E-state index in [4.69, 9.17) is 5.73 Å². The van der Waals surface area contributed by atoms with E-state index in [-0.39, 0.29) is 5.91 Å². The predicted octanol–water partition coefficient (Wildman–Crippen LogP) is -0.700. The Morgan fingerprint density at radius 2 is 1.92 bits per heavy atom. The normalized spacial score (nSPS) is 26.7. The van der Waals surface area contributed by atoms with Crippen LogP contribution in [-0.2, 0) is 4.79 Å². The second kappa shape index (κ2) is 3.27. The van der Waals surface area contributed by atoms with Crippen LogP contribution < -0.4 is 11.1 Å². The zero-order chi connectivity index (χ0) is 9.31. The number of nitrogens with zero attached hydrogens (tertiary/aromatic N) is 1. The van der Waals surface area contributed by atoms with E-state index in [2.05, 4.69) is 5.32 Å². The molecule has 4 nitrogen and oxygen atoms in total. The quantitative estimate of drug-likeness (QED) is 0.565. The standard InChI is InChI=1S/C9H17N3O/c10-9(2-1-3-9)8(13)12-6-4-11-5-7-12/h11H,1-7,10H2. The molecule has 1 heterocycles.